The smallest absolute Gasteiger partial charge is 0.328 e. The fraction of sp³-hybridized carbons (Fsp3) is 0.242. The van der Waals surface area contributed by atoms with E-state index in [2.05, 4.69) is 15.6 Å². The Kier molecular flexibility index (Phi) is 10.3. The predicted octanol–water partition coefficient (Wildman–Crippen LogP) is 5.06. The first-order valence-corrected chi connectivity index (χ1v) is 14.2. The van der Waals surface area contributed by atoms with Gasteiger partial charge in [0.2, 0.25) is 0 Å². The van der Waals surface area contributed by atoms with Crippen LogP contribution >= 0.6 is 11.6 Å². The van der Waals surface area contributed by atoms with E-state index in [1.165, 1.54) is 19.9 Å². The van der Waals surface area contributed by atoms with E-state index in [9.17, 15) is 29.1 Å². The maximum Gasteiger partial charge on any atom is 0.328 e. The topological polar surface area (TPSA) is 141 Å². The third-order valence-corrected chi connectivity index (χ3v) is 7.52. The number of aromatic nitrogens is 1. The van der Waals surface area contributed by atoms with E-state index in [-0.39, 0.29) is 6.42 Å². The number of benzene rings is 3. The number of hydrogen-bond acceptors (Lipinski definition) is 7. The van der Waals surface area contributed by atoms with Gasteiger partial charge in [-0.3, -0.25) is 14.6 Å². The van der Waals surface area contributed by atoms with Crippen LogP contribution in [0.1, 0.15) is 45.7 Å². The van der Waals surface area contributed by atoms with Gasteiger partial charge in [0, 0.05) is 39.7 Å². The first-order chi connectivity index (χ1) is 21.7. The van der Waals surface area contributed by atoms with E-state index in [1.807, 2.05) is 6.07 Å². The van der Waals surface area contributed by atoms with Crippen LogP contribution < -0.4 is 10.6 Å². The highest BCUT2D eigenvalue weighted by molar-refractivity contribution is 6.33. The van der Waals surface area contributed by atoms with Gasteiger partial charge in [-0.25, -0.2) is 18.0 Å². The van der Waals surface area contributed by atoms with Crippen molar-refractivity contribution in [2.75, 3.05) is 13.7 Å². The number of pyridine rings is 1. The number of nitrogens with one attached hydrogen (secondary N) is 2. The highest BCUT2D eigenvalue weighted by Gasteiger charge is 2.29. The number of nitrogens with zero attached hydrogens (tertiary/aromatic N) is 2. The summed E-state index contributed by atoms with van der Waals surface area (Å²) in [6.45, 7) is 1.76. The highest BCUT2D eigenvalue weighted by atomic mass is 35.5. The first kappa shape index (κ1) is 33.9. The molecule has 0 unspecified atom stereocenters. The second-order valence-corrected chi connectivity index (χ2v) is 11.3. The maximum absolute atomic E-state index is 15.0. The standard InChI is InChI=1S/C33H28ClF3N4O5/c1-33(2,45)27(37)16-40-30(42)19-12-24(35)28(25(36)13-19)31(43)41-26(32(44)46-3)14-18-7-9-22(29-20(18)5-4-10-39-29)21-8-6-17(15-38)11-23(21)34/h4-13,26-27,45H,14,16H2,1-3H3,(H,40,42)(H,41,43)/t26-,27+/m0/s1. The lowest BCUT2D eigenvalue weighted by molar-refractivity contribution is -0.142. The van der Waals surface area contributed by atoms with Crippen molar-refractivity contribution in [2.45, 2.75) is 38.1 Å². The Hall–Kier alpha value is -4.99. The predicted molar refractivity (Wildman–Crippen MR) is 164 cm³/mol. The third kappa shape index (κ3) is 7.44. The molecule has 3 N–H and O–H groups in total. The van der Waals surface area contributed by atoms with Gasteiger partial charge in [0.25, 0.3) is 11.8 Å². The van der Waals surface area contributed by atoms with Crippen LogP contribution in [0.4, 0.5) is 13.2 Å². The molecular formula is C33H28ClF3N4O5. The summed E-state index contributed by atoms with van der Waals surface area (Å²) in [6, 6.07) is 13.5. The largest absolute Gasteiger partial charge is 0.467 e. The van der Waals surface area contributed by atoms with Crippen molar-refractivity contribution in [3.63, 3.8) is 0 Å². The summed E-state index contributed by atoms with van der Waals surface area (Å²) in [5, 5.41) is 24.2. The van der Waals surface area contributed by atoms with E-state index in [0.29, 0.717) is 50.3 Å². The van der Waals surface area contributed by atoms with Crippen molar-refractivity contribution in [3.8, 4) is 17.2 Å². The minimum Gasteiger partial charge on any atom is -0.467 e. The Labute approximate surface area is 267 Å². The molecule has 0 saturated heterocycles. The van der Waals surface area contributed by atoms with E-state index in [0.717, 1.165) is 7.11 Å². The fourth-order valence-corrected chi connectivity index (χ4v) is 4.95. The average Bonchev–Trinajstić information content (AvgIpc) is 3.02. The van der Waals surface area contributed by atoms with E-state index in [4.69, 9.17) is 16.3 Å². The molecule has 0 radical (unpaired) electrons. The zero-order chi connectivity index (χ0) is 33.8. The fourth-order valence-electron chi connectivity index (χ4n) is 4.67. The Morgan fingerprint density at radius 2 is 1.74 bits per heavy atom. The monoisotopic (exact) mass is 652 g/mol. The third-order valence-electron chi connectivity index (χ3n) is 7.20. The minimum atomic E-state index is -1.86. The zero-order valence-electron chi connectivity index (χ0n) is 24.8. The highest BCUT2D eigenvalue weighted by Crippen LogP contribution is 2.35. The summed E-state index contributed by atoms with van der Waals surface area (Å²) in [5.41, 5.74) is -0.663. The molecule has 0 bridgehead atoms. The number of fused-ring (bicyclic) bond motifs is 1. The van der Waals surface area contributed by atoms with Crippen LogP contribution in [-0.4, -0.2) is 59.3 Å². The van der Waals surface area contributed by atoms with Gasteiger partial charge in [-0.05, 0) is 49.7 Å². The number of methoxy groups -OCH3 is 1. The molecule has 9 nitrogen and oxygen atoms in total. The summed E-state index contributed by atoms with van der Waals surface area (Å²) >= 11 is 6.44. The molecular weight excluding hydrogens is 625 g/mol. The van der Waals surface area contributed by atoms with Gasteiger partial charge >= 0.3 is 5.97 Å². The Morgan fingerprint density at radius 3 is 2.35 bits per heavy atom. The van der Waals surface area contributed by atoms with Gasteiger partial charge < -0.3 is 20.5 Å². The number of amides is 2. The molecule has 4 rings (SSSR count). The van der Waals surface area contributed by atoms with Crippen LogP contribution in [0.3, 0.4) is 0 Å². The van der Waals surface area contributed by atoms with Crippen molar-refractivity contribution in [1.82, 2.24) is 15.6 Å². The molecule has 13 heteroatoms. The molecule has 0 fully saturated rings. The second-order valence-electron chi connectivity index (χ2n) is 10.9. The lowest BCUT2D eigenvalue weighted by atomic mass is 9.94. The molecule has 4 aromatic rings. The normalized spacial score (nSPS) is 12.6. The van der Waals surface area contributed by atoms with Crippen molar-refractivity contribution >= 4 is 40.3 Å². The van der Waals surface area contributed by atoms with Crippen LogP contribution in [-0.2, 0) is 16.0 Å². The number of nitriles is 1. The number of carbonyl (C=O) groups is 3. The summed E-state index contributed by atoms with van der Waals surface area (Å²) in [5.74, 6) is -6.01. The number of aliphatic hydroxyl groups is 1. The molecule has 0 saturated carbocycles. The van der Waals surface area contributed by atoms with Gasteiger partial charge in [0.05, 0.1) is 36.4 Å². The molecule has 0 aliphatic rings. The summed E-state index contributed by atoms with van der Waals surface area (Å²) in [6.07, 6.45) is -0.451. The molecule has 46 heavy (non-hydrogen) atoms. The molecule has 3 aromatic carbocycles. The van der Waals surface area contributed by atoms with Crippen LogP contribution in [0, 0.1) is 23.0 Å². The quantitative estimate of drug-likeness (QED) is 0.203. The maximum atomic E-state index is 15.0. The Morgan fingerprint density at radius 1 is 1.07 bits per heavy atom. The van der Waals surface area contributed by atoms with Gasteiger partial charge in [-0.2, -0.15) is 5.26 Å². The number of carbonyl (C=O) groups excluding carboxylic acids is 3. The molecule has 0 aliphatic heterocycles. The Balaban J connectivity index is 1.60. The summed E-state index contributed by atoms with van der Waals surface area (Å²) in [7, 11) is 1.09. The molecule has 1 aromatic heterocycles. The molecule has 0 spiro atoms. The Bertz CT molecular complexity index is 1850. The number of halogens is 4. The first-order valence-electron chi connectivity index (χ1n) is 13.8. The van der Waals surface area contributed by atoms with E-state index >= 15 is 8.78 Å². The van der Waals surface area contributed by atoms with Crippen LogP contribution in [0.25, 0.3) is 22.0 Å². The average molecular weight is 653 g/mol. The lowest BCUT2D eigenvalue weighted by Gasteiger charge is -2.22. The molecule has 2 amide bonds. The second kappa shape index (κ2) is 14.0. The van der Waals surface area contributed by atoms with Gasteiger partial charge in [-0.15, -0.1) is 0 Å². The van der Waals surface area contributed by atoms with E-state index in [1.54, 1.807) is 42.6 Å². The number of ether oxygens (including phenoxy) is 1. The molecule has 2 atom stereocenters. The van der Waals surface area contributed by atoms with Crippen molar-refractivity contribution < 1.29 is 37.4 Å². The summed E-state index contributed by atoms with van der Waals surface area (Å²) < 4.78 is 48.9. The van der Waals surface area contributed by atoms with Crippen LogP contribution in [0.2, 0.25) is 5.02 Å². The van der Waals surface area contributed by atoms with Crippen molar-refractivity contribution in [2.24, 2.45) is 0 Å². The zero-order valence-corrected chi connectivity index (χ0v) is 25.6. The van der Waals surface area contributed by atoms with E-state index < -0.39 is 64.9 Å². The SMILES string of the molecule is COC(=O)[C@H](Cc1ccc(-c2ccc(C#N)cc2Cl)c2ncccc12)NC(=O)c1c(F)cc(C(=O)NC[C@@H](F)C(C)(C)O)cc1F. The molecule has 1 heterocycles. The van der Waals surface area contributed by atoms with Gasteiger partial charge in [0.15, 0.2) is 0 Å². The number of esters is 1. The molecule has 0 aliphatic carbocycles. The van der Waals surface area contributed by atoms with Crippen molar-refractivity contribution in [3.05, 3.63) is 99.7 Å². The molecule has 238 valence electrons. The number of alkyl halides is 1. The lowest BCUT2D eigenvalue weighted by Crippen LogP contribution is -2.43. The summed E-state index contributed by atoms with van der Waals surface area (Å²) in [4.78, 5) is 42.6. The van der Waals surface area contributed by atoms with Gasteiger partial charge in [-0.1, -0.05) is 35.9 Å². The minimum absolute atomic E-state index is 0.155. The van der Waals surface area contributed by atoms with Gasteiger partial charge in [0.1, 0.15) is 29.4 Å². The van der Waals surface area contributed by atoms with Crippen LogP contribution in [0.5, 0.6) is 0 Å². The van der Waals surface area contributed by atoms with Crippen LogP contribution in [0.15, 0.2) is 60.8 Å². The van der Waals surface area contributed by atoms with Crippen molar-refractivity contribution in [1.29, 1.82) is 5.26 Å². The number of hydrogen-bond donors (Lipinski definition) is 3. The number of rotatable bonds is 10.